The summed E-state index contributed by atoms with van der Waals surface area (Å²) in [4.78, 5) is 19.8. The Bertz CT molecular complexity index is 947. The summed E-state index contributed by atoms with van der Waals surface area (Å²) >= 11 is 4.64. The number of aromatic hydroxyl groups is 1. The van der Waals surface area contributed by atoms with Crippen LogP contribution in [0, 0.1) is 0 Å². The lowest BCUT2D eigenvalue weighted by Gasteiger charge is -2.14. The number of phenolic OH excluding ortho intramolecular Hbond substituents is 1. The first-order valence-electron chi connectivity index (χ1n) is 9.03. The zero-order valence-electron chi connectivity index (χ0n) is 16.1. The van der Waals surface area contributed by atoms with Crippen molar-refractivity contribution < 1.29 is 19.4 Å². The standard InChI is InChI=1S/C21H21BrN2O4S/c1-3-28-17-12-14(11-16(22)19(17)25)13-18-20(26)24(9-10-27-2)21(29-18)23-15-7-5-4-6-8-15/h4-8,11-13,25H,3,9-10H2,1-2H3/b18-13+,23-21?. The van der Waals surface area contributed by atoms with E-state index in [9.17, 15) is 9.90 Å². The fourth-order valence-electron chi connectivity index (χ4n) is 2.68. The highest BCUT2D eigenvalue weighted by Gasteiger charge is 2.33. The fraction of sp³-hybridized carbons (Fsp3) is 0.238. The Labute approximate surface area is 182 Å². The number of carbonyl (C=O) groups is 1. The van der Waals surface area contributed by atoms with Gasteiger partial charge in [-0.2, -0.15) is 0 Å². The van der Waals surface area contributed by atoms with Crippen molar-refractivity contribution in [3.63, 3.8) is 0 Å². The molecule has 1 amide bonds. The summed E-state index contributed by atoms with van der Waals surface area (Å²) in [5.41, 5.74) is 1.51. The Morgan fingerprint density at radius 1 is 1.28 bits per heavy atom. The Morgan fingerprint density at radius 3 is 2.72 bits per heavy atom. The third-order valence-corrected chi connectivity index (χ3v) is 5.65. The lowest BCUT2D eigenvalue weighted by molar-refractivity contribution is -0.122. The van der Waals surface area contributed by atoms with E-state index in [0.29, 0.717) is 40.1 Å². The topological polar surface area (TPSA) is 71.4 Å². The monoisotopic (exact) mass is 476 g/mol. The van der Waals surface area contributed by atoms with Crippen molar-refractivity contribution in [1.29, 1.82) is 0 Å². The van der Waals surface area contributed by atoms with Gasteiger partial charge in [0.25, 0.3) is 5.91 Å². The van der Waals surface area contributed by atoms with Crippen LogP contribution in [0.5, 0.6) is 11.5 Å². The average molecular weight is 477 g/mol. The summed E-state index contributed by atoms with van der Waals surface area (Å²) < 4.78 is 11.1. The molecule has 0 spiro atoms. The average Bonchev–Trinajstić information content (AvgIpc) is 2.99. The molecule has 1 saturated heterocycles. The molecule has 0 aliphatic carbocycles. The maximum atomic E-state index is 13.0. The van der Waals surface area contributed by atoms with E-state index < -0.39 is 0 Å². The molecule has 1 fully saturated rings. The number of methoxy groups -OCH3 is 1. The number of rotatable bonds is 7. The van der Waals surface area contributed by atoms with Crippen LogP contribution in [-0.4, -0.2) is 47.9 Å². The Kier molecular flexibility index (Phi) is 7.35. The molecule has 1 N–H and O–H groups in total. The zero-order valence-corrected chi connectivity index (χ0v) is 18.5. The van der Waals surface area contributed by atoms with Gasteiger partial charge in [-0.05, 0) is 70.5 Å². The number of ether oxygens (including phenoxy) is 2. The van der Waals surface area contributed by atoms with Crippen molar-refractivity contribution >= 4 is 50.5 Å². The second-order valence-corrected chi connectivity index (χ2v) is 7.94. The van der Waals surface area contributed by atoms with E-state index in [1.807, 2.05) is 37.3 Å². The van der Waals surface area contributed by atoms with Crippen LogP contribution in [0.3, 0.4) is 0 Å². The maximum absolute atomic E-state index is 13.0. The number of para-hydroxylation sites is 1. The van der Waals surface area contributed by atoms with Crippen LogP contribution >= 0.6 is 27.7 Å². The van der Waals surface area contributed by atoms with Crippen LogP contribution in [0.25, 0.3) is 6.08 Å². The molecular weight excluding hydrogens is 456 g/mol. The van der Waals surface area contributed by atoms with Crippen molar-refractivity contribution in [3.05, 3.63) is 57.4 Å². The molecule has 1 aliphatic rings. The number of carbonyl (C=O) groups excluding carboxylic acids is 1. The Morgan fingerprint density at radius 2 is 2.03 bits per heavy atom. The van der Waals surface area contributed by atoms with E-state index >= 15 is 0 Å². The second kappa shape index (κ2) is 9.96. The second-order valence-electron chi connectivity index (χ2n) is 6.07. The van der Waals surface area contributed by atoms with Gasteiger partial charge in [-0.3, -0.25) is 9.69 Å². The minimum absolute atomic E-state index is 0.0347. The first-order chi connectivity index (χ1) is 14.0. The van der Waals surface area contributed by atoms with Crippen molar-refractivity contribution in [2.45, 2.75) is 6.92 Å². The van der Waals surface area contributed by atoms with Gasteiger partial charge >= 0.3 is 0 Å². The van der Waals surface area contributed by atoms with E-state index in [0.717, 1.165) is 11.3 Å². The number of thioether (sulfide) groups is 1. The zero-order chi connectivity index (χ0) is 20.8. The van der Waals surface area contributed by atoms with E-state index in [-0.39, 0.29) is 11.7 Å². The van der Waals surface area contributed by atoms with Crippen LogP contribution in [-0.2, 0) is 9.53 Å². The lowest BCUT2D eigenvalue weighted by atomic mass is 10.2. The number of aliphatic imine (C=N–C) groups is 1. The van der Waals surface area contributed by atoms with Gasteiger partial charge in [-0.15, -0.1) is 0 Å². The molecule has 0 aromatic heterocycles. The molecule has 0 radical (unpaired) electrons. The summed E-state index contributed by atoms with van der Waals surface area (Å²) in [7, 11) is 1.60. The summed E-state index contributed by atoms with van der Waals surface area (Å²) in [6.07, 6.45) is 1.77. The number of nitrogens with zero attached hydrogens (tertiary/aromatic N) is 2. The minimum atomic E-state index is -0.135. The number of hydrogen-bond donors (Lipinski definition) is 1. The highest BCUT2D eigenvalue weighted by Crippen LogP contribution is 2.38. The molecule has 1 aliphatic heterocycles. The molecule has 0 atom stereocenters. The van der Waals surface area contributed by atoms with Gasteiger partial charge in [-0.25, -0.2) is 4.99 Å². The van der Waals surface area contributed by atoms with Gasteiger partial charge in [0, 0.05) is 7.11 Å². The normalized spacial score (nSPS) is 16.8. The predicted octanol–water partition coefficient (Wildman–Crippen LogP) is 4.80. The smallest absolute Gasteiger partial charge is 0.266 e. The molecule has 0 unspecified atom stereocenters. The van der Waals surface area contributed by atoms with Gasteiger partial charge in [0.1, 0.15) is 0 Å². The van der Waals surface area contributed by atoms with Crippen LogP contribution in [0.15, 0.2) is 56.8 Å². The fourth-order valence-corrected chi connectivity index (χ4v) is 4.16. The molecule has 8 heteroatoms. The molecule has 152 valence electrons. The lowest BCUT2D eigenvalue weighted by Crippen LogP contribution is -2.32. The van der Waals surface area contributed by atoms with E-state index in [1.165, 1.54) is 11.8 Å². The molecule has 0 saturated carbocycles. The Balaban J connectivity index is 1.95. The van der Waals surface area contributed by atoms with Crippen LogP contribution < -0.4 is 4.74 Å². The Hall–Kier alpha value is -2.29. The van der Waals surface area contributed by atoms with Gasteiger partial charge in [0.15, 0.2) is 16.7 Å². The molecule has 6 nitrogen and oxygen atoms in total. The quantitative estimate of drug-likeness (QED) is 0.580. The number of phenols is 1. The molecule has 1 heterocycles. The largest absolute Gasteiger partial charge is 0.503 e. The third-order valence-electron chi connectivity index (χ3n) is 4.04. The predicted molar refractivity (Wildman–Crippen MR) is 120 cm³/mol. The van der Waals surface area contributed by atoms with Gasteiger partial charge in [-0.1, -0.05) is 18.2 Å². The number of halogens is 1. The van der Waals surface area contributed by atoms with Crippen LogP contribution in [0.1, 0.15) is 12.5 Å². The SMILES string of the molecule is CCOc1cc(/C=C2/SC(=Nc3ccccc3)N(CCOC)C2=O)cc(Br)c1O. The minimum Gasteiger partial charge on any atom is -0.503 e. The molecule has 29 heavy (non-hydrogen) atoms. The summed E-state index contributed by atoms with van der Waals surface area (Å²) in [5, 5.41) is 10.7. The molecule has 3 rings (SSSR count). The number of amidine groups is 1. The van der Waals surface area contributed by atoms with Gasteiger partial charge in [0.05, 0.1) is 34.8 Å². The number of hydrogen-bond acceptors (Lipinski definition) is 6. The van der Waals surface area contributed by atoms with Crippen molar-refractivity contribution in [2.75, 3.05) is 26.9 Å². The van der Waals surface area contributed by atoms with Crippen molar-refractivity contribution in [1.82, 2.24) is 4.90 Å². The summed E-state index contributed by atoms with van der Waals surface area (Å²) in [6.45, 7) is 3.09. The van der Waals surface area contributed by atoms with Gasteiger partial charge in [0.2, 0.25) is 0 Å². The molecular formula is C21H21BrN2O4S. The summed E-state index contributed by atoms with van der Waals surface area (Å²) in [6, 6.07) is 12.9. The van der Waals surface area contributed by atoms with Gasteiger partial charge < -0.3 is 14.6 Å². The van der Waals surface area contributed by atoms with E-state index in [2.05, 4.69) is 20.9 Å². The van der Waals surface area contributed by atoms with Crippen LogP contribution in [0.4, 0.5) is 5.69 Å². The summed E-state index contributed by atoms with van der Waals surface area (Å²) in [5.74, 6) is 0.259. The molecule has 2 aromatic rings. The first-order valence-corrected chi connectivity index (χ1v) is 10.6. The third kappa shape index (κ3) is 5.20. The highest BCUT2D eigenvalue weighted by atomic mass is 79.9. The van der Waals surface area contributed by atoms with Crippen LogP contribution in [0.2, 0.25) is 0 Å². The van der Waals surface area contributed by atoms with Crippen molar-refractivity contribution in [3.8, 4) is 11.5 Å². The van der Waals surface area contributed by atoms with E-state index in [1.54, 1.807) is 30.2 Å². The van der Waals surface area contributed by atoms with E-state index in [4.69, 9.17) is 9.47 Å². The number of amides is 1. The van der Waals surface area contributed by atoms with Crippen molar-refractivity contribution in [2.24, 2.45) is 4.99 Å². The molecule has 2 aromatic carbocycles. The molecule has 0 bridgehead atoms. The number of benzene rings is 2. The first kappa shape index (κ1) is 21.4. The maximum Gasteiger partial charge on any atom is 0.266 e. The highest BCUT2D eigenvalue weighted by molar-refractivity contribution is 9.10.